The van der Waals surface area contributed by atoms with Crippen LogP contribution in [-0.2, 0) is 3.74 Å². The number of hydrogen-bond donors (Lipinski definition) is 2. The van der Waals surface area contributed by atoms with Gasteiger partial charge >= 0.3 is 31.8 Å². The first-order valence-electron chi connectivity index (χ1n) is 1.03. The van der Waals surface area contributed by atoms with Crippen LogP contribution in [0.4, 0.5) is 0 Å². The molecule has 0 saturated heterocycles. The average Bonchev–Trinajstić information content (AvgIpc) is 0.722. The Bertz CT molecular complexity index is 56.9. The Morgan fingerprint density at radius 1 is 1.50 bits per heavy atom. The van der Waals surface area contributed by atoms with Crippen LogP contribution in [0.3, 0.4) is 0 Å². The summed E-state index contributed by atoms with van der Waals surface area (Å²) in [4.78, 5) is 0. The third kappa shape index (κ3) is 48.2. The fraction of sp³-hybridized carbons (Fsp3) is 1.00. The van der Waals surface area contributed by atoms with Gasteiger partial charge in [0.05, 0.1) is 0 Å². The van der Waals surface area contributed by atoms with Crippen LogP contribution in [0.2, 0.25) is 5.71 Å². The Kier molecular flexibility index (Phi) is 6.18. The molecule has 0 aromatic heterocycles. The van der Waals surface area contributed by atoms with Crippen molar-refractivity contribution in [1.82, 2.24) is 0 Å². The molecule has 5 heteroatoms. The van der Waals surface area contributed by atoms with Gasteiger partial charge < -0.3 is 0 Å². The van der Waals surface area contributed by atoms with Gasteiger partial charge in [0.1, 0.15) is 0 Å². The summed E-state index contributed by atoms with van der Waals surface area (Å²) < 4.78 is 24.8. The first-order valence-corrected chi connectivity index (χ1v) is 5.35. The van der Waals surface area contributed by atoms with E-state index < -0.39 is 14.2 Å². The maximum absolute atomic E-state index is 9.39. The van der Waals surface area contributed by atoms with Crippen LogP contribution in [0, 0.1) is 0 Å². The molecular weight excluding hydrogens is 175 g/mol. The summed E-state index contributed by atoms with van der Waals surface area (Å²) >= 11 is -4.12. The Morgan fingerprint density at radius 2 is 1.50 bits per heavy atom. The molecule has 34 valence electrons. The van der Waals surface area contributed by atoms with E-state index >= 15 is 0 Å². The van der Waals surface area contributed by atoms with Crippen molar-refractivity contribution in [3.63, 3.8) is 0 Å². The molecule has 0 aromatic carbocycles. The largest absolute Gasteiger partial charge is 0 e. The van der Waals surface area contributed by atoms with Crippen molar-refractivity contribution in [2.75, 3.05) is 0 Å². The van der Waals surface area contributed by atoms with E-state index in [1.807, 2.05) is 0 Å². The van der Waals surface area contributed by atoms with Crippen LogP contribution in [-0.4, -0.2) is 60.1 Å². The number of hydrogen-bond acceptors (Lipinski definition) is 1. The van der Waals surface area contributed by atoms with Crippen LogP contribution in [0.25, 0.3) is 0 Å². The van der Waals surface area contributed by atoms with Gasteiger partial charge in [-0.2, -0.15) is 0 Å². The fourth-order valence-electron chi connectivity index (χ4n) is 0. The molecular formula is CH5AsCaO3. The quantitative estimate of drug-likeness (QED) is 0.450. The predicted octanol–water partition coefficient (Wildman–Crippen LogP) is -1.41. The average molecular weight is 180 g/mol. The van der Waals surface area contributed by atoms with Crippen LogP contribution in [0.1, 0.15) is 0 Å². The first kappa shape index (κ1) is 10.5. The molecule has 0 heterocycles. The Labute approximate surface area is 68.7 Å². The summed E-state index contributed by atoms with van der Waals surface area (Å²) in [5.41, 5.74) is 0.915. The molecule has 0 saturated carbocycles. The molecule has 0 aromatic rings. The zero-order valence-electron chi connectivity index (χ0n) is 3.46. The summed E-state index contributed by atoms with van der Waals surface area (Å²) in [5.74, 6) is 0. The van der Waals surface area contributed by atoms with Crippen molar-refractivity contribution >= 4 is 51.9 Å². The van der Waals surface area contributed by atoms with E-state index in [1.165, 1.54) is 0 Å². The summed E-state index contributed by atoms with van der Waals surface area (Å²) in [6, 6.07) is 0. The SMILES string of the molecule is C[As](=O)(O)O.[Ca]. The van der Waals surface area contributed by atoms with Gasteiger partial charge in [-0.1, -0.05) is 0 Å². The zero-order chi connectivity index (χ0) is 4.50. The van der Waals surface area contributed by atoms with Gasteiger partial charge in [0.25, 0.3) is 0 Å². The van der Waals surface area contributed by atoms with E-state index in [9.17, 15) is 3.74 Å². The molecule has 6 heavy (non-hydrogen) atoms. The Hall–Kier alpha value is 1.54. The Balaban J connectivity index is 0. The van der Waals surface area contributed by atoms with Crippen LogP contribution in [0.15, 0.2) is 0 Å². The van der Waals surface area contributed by atoms with Crippen LogP contribution < -0.4 is 0 Å². The summed E-state index contributed by atoms with van der Waals surface area (Å²) in [5, 5.41) is 0. The molecule has 0 amide bonds. The monoisotopic (exact) mass is 180 g/mol. The molecule has 0 bridgehead atoms. The third-order valence-electron chi connectivity index (χ3n) is 0. The normalized spacial score (nSPS) is 9.83. The second-order valence-corrected chi connectivity index (χ2v) is 4.34. The van der Waals surface area contributed by atoms with E-state index in [1.54, 1.807) is 0 Å². The Morgan fingerprint density at radius 3 is 1.50 bits per heavy atom. The summed E-state index contributed by atoms with van der Waals surface area (Å²) in [6.45, 7) is 0. The van der Waals surface area contributed by atoms with Gasteiger partial charge in [-0.15, -0.1) is 0 Å². The summed E-state index contributed by atoms with van der Waals surface area (Å²) in [7, 11) is 0. The smallest absolute Gasteiger partial charge is 0 e. The molecule has 3 nitrogen and oxygen atoms in total. The molecule has 2 radical (unpaired) electrons. The zero-order valence-corrected chi connectivity index (χ0v) is 7.54. The minimum Gasteiger partial charge on any atom is 0 e. The fourth-order valence-corrected chi connectivity index (χ4v) is 0. The van der Waals surface area contributed by atoms with Gasteiger partial charge in [0.15, 0.2) is 0 Å². The molecule has 2 N–H and O–H groups in total. The van der Waals surface area contributed by atoms with Gasteiger partial charge in [-0.05, 0) is 0 Å². The molecule has 0 unspecified atom stereocenters. The minimum absolute atomic E-state index is 0. The molecule has 0 spiro atoms. The predicted molar refractivity (Wildman–Crippen MR) is 22.5 cm³/mol. The third-order valence-corrected chi connectivity index (χ3v) is 0. The van der Waals surface area contributed by atoms with E-state index in [0.29, 0.717) is 0 Å². The minimum atomic E-state index is -4.12. The van der Waals surface area contributed by atoms with Crippen molar-refractivity contribution in [2.45, 2.75) is 5.71 Å². The second kappa shape index (κ2) is 3.53. The van der Waals surface area contributed by atoms with Gasteiger partial charge in [0, 0.05) is 37.7 Å². The van der Waals surface area contributed by atoms with Gasteiger partial charge in [-0.25, -0.2) is 0 Å². The van der Waals surface area contributed by atoms with E-state index in [0.717, 1.165) is 5.71 Å². The molecule has 0 aliphatic carbocycles. The van der Waals surface area contributed by atoms with E-state index in [-0.39, 0.29) is 37.7 Å². The number of rotatable bonds is 0. The van der Waals surface area contributed by atoms with Gasteiger partial charge in [0.2, 0.25) is 0 Å². The molecule has 0 atom stereocenters. The second-order valence-electron chi connectivity index (χ2n) is 0.835. The maximum Gasteiger partial charge on any atom is 0 e. The molecule has 0 aliphatic rings. The van der Waals surface area contributed by atoms with Crippen molar-refractivity contribution in [2.24, 2.45) is 0 Å². The van der Waals surface area contributed by atoms with Crippen molar-refractivity contribution in [3.05, 3.63) is 0 Å². The standard InChI is InChI=1S/CH5AsO3.Ca/c1-2(3,4)5;/h1H3,(H2,3,4,5);. The topological polar surface area (TPSA) is 57.5 Å². The molecule has 0 aliphatic heterocycles. The maximum atomic E-state index is 9.39. The van der Waals surface area contributed by atoms with Crippen molar-refractivity contribution in [3.8, 4) is 0 Å². The van der Waals surface area contributed by atoms with Crippen molar-refractivity contribution in [1.29, 1.82) is 0 Å². The van der Waals surface area contributed by atoms with Crippen molar-refractivity contribution < 1.29 is 11.9 Å². The van der Waals surface area contributed by atoms with Crippen LogP contribution in [0.5, 0.6) is 0 Å². The van der Waals surface area contributed by atoms with Crippen LogP contribution >= 0.6 is 0 Å². The molecule has 0 fully saturated rings. The summed E-state index contributed by atoms with van der Waals surface area (Å²) in [6.07, 6.45) is 0. The molecule has 0 rings (SSSR count). The first-order chi connectivity index (χ1) is 2.00. The van der Waals surface area contributed by atoms with E-state index in [4.69, 9.17) is 8.19 Å². The van der Waals surface area contributed by atoms with Gasteiger partial charge in [-0.3, -0.25) is 0 Å². The van der Waals surface area contributed by atoms with E-state index in [2.05, 4.69) is 0 Å².